The Bertz CT molecular complexity index is 819. The summed E-state index contributed by atoms with van der Waals surface area (Å²) in [6.07, 6.45) is 0. The minimum absolute atomic E-state index is 0.129. The van der Waals surface area contributed by atoms with Crippen molar-refractivity contribution >= 4 is 5.97 Å². The molecule has 3 aromatic rings. The van der Waals surface area contributed by atoms with Gasteiger partial charge in [0, 0.05) is 5.56 Å². The summed E-state index contributed by atoms with van der Waals surface area (Å²) < 4.78 is 27.9. The molecule has 0 fully saturated rings. The quantitative estimate of drug-likeness (QED) is 0.683. The van der Waals surface area contributed by atoms with Crippen molar-refractivity contribution in [2.45, 2.75) is 20.5 Å². The topological polar surface area (TPSA) is 91.2 Å². The van der Waals surface area contributed by atoms with Gasteiger partial charge < -0.3 is 13.8 Å². The summed E-state index contributed by atoms with van der Waals surface area (Å²) in [6.45, 7) is 3.08. The van der Waals surface area contributed by atoms with E-state index in [9.17, 15) is 9.18 Å². The SMILES string of the molecule is Cc1noc(C)c1C(=O)OCc1nc(-c2ccc(F)cc2)no1. The smallest absolute Gasteiger partial charge is 0.344 e. The molecule has 23 heavy (non-hydrogen) atoms. The number of halogens is 1. The van der Waals surface area contributed by atoms with Crippen molar-refractivity contribution in [2.24, 2.45) is 0 Å². The normalized spacial score (nSPS) is 10.7. The molecule has 0 aliphatic rings. The van der Waals surface area contributed by atoms with E-state index in [1.165, 1.54) is 24.3 Å². The van der Waals surface area contributed by atoms with E-state index in [0.29, 0.717) is 17.0 Å². The number of aryl methyl sites for hydroxylation is 2. The summed E-state index contributed by atoms with van der Waals surface area (Å²) in [5.74, 6) is -0.142. The lowest BCUT2D eigenvalue weighted by atomic mass is 10.2. The van der Waals surface area contributed by atoms with Crippen molar-refractivity contribution in [2.75, 3.05) is 0 Å². The van der Waals surface area contributed by atoms with Crippen molar-refractivity contribution in [1.82, 2.24) is 15.3 Å². The molecule has 2 aromatic heterocycles. The highest BCUT2D eigenvalue weighted by Gasteiger charge is 2.20. The number of nitrogens with zero attached hydrogens (tertiary/aromatic N) is 3. The van der Waals surface area contributed by atoms with E-state index >= 15 is 0 Å². The average Bonchev–Trinajstić information content (AvgIpc) is 3.13. The van der Waals surface area contributed by atoms with Gasteiger partial charge in [0.1, 0.15) is 17.1 Å². The fourth-order valence-corrected chi connectivity index (χ4v) is 2.00. The Morgan fingerprint density at radius 2 is 1.91 bits per heavy atom. The van der Waals surface area contributed by atoms with Crippen LogP contribution < -0.4 is 0 Å². The maximum Gasteiger partial charge on any atom is 0.344 e. The van der Waals surface area contributed by atoms with Crippen LogP contribution in [0.1, 0.15) is 27.7 Å². The fraction of sp³-hybridized carbons (Fsp3) is 0.200. The van der Waals surface area contributed by atoms with E-state index in [2.05, 4.69) is 15.3 Å². The third kappa shape index (κ3) is 3.10. The lowest BCUT2D eigenvalue weighted by molar-refractivity contribution is 0.0427. The van der Waals surface area contributed by atoms with Crippen LogP contribution in [0.5, 0.6) is 0 Å². The third-order valence-electron chi connectivity index (χ3n) is 3.13. The van der Waals surface area contributed by atoms with Crippen molar-refractivity contribution in [3.63, 3.8) is 0 Å². The zero-order chi connectivity index (χ0) is 16.4. The molecule has 3 rings (SSSR count). The largest absolute Gasteiger partial charge is 0.452 e. The van der Waals surface area contributed by atoms with Gasteiger partial charge in [-0.05, 0) is 38.1 Å². The van der Waals surface area contributed by atoms with Gasteiger partial charge in [0.2, 0.25) is 5.82 Å². The first kappa shape index (κ1) is 14.9. The standard InChI is InChI=1S/C15H12FN3O4/c1-8-13(9(2)22-18-8)15(20)21-7-12-17-14(19-23-12)10-3-5-11(16)6-4-10/h3-6H,7H2,1-2H3. The van der Waals surface area contributed by atoms with Gasteiger partial charge >= 0.3 is 5.97 Å². The van der Waals surface area contributed by atoms with Crippen LogP contribution in [0, 0.1) is 19.7 Å². The number of carbonyl (C=O) groups is 1. The summed E-state index contributed by atoms with van der Waals surface area (Å²) in [4.78, 5) is 16.1. The Kier molecular flexibility index (Phi) is 3.88. The average molecular weight is 317 g/mol. The second kappa shape index (κ2) is 5.99. The summed E-state index contributed by atoms with van der Waals surface area (Å²) in [5.41, 5.74) is 1.33. The molecule has 0 saturated heterocycles. The summed E-state index contributed by atoms with van der Waals surface area (Å²) in [7, 11) is 0. The number of aromatic nitrogens is 3. The third-order valence-corrected chi connectivity index (χ3v) is 3.13. The maximum atomic E-state index is 12.9. The molecular weight excluding hydrogens is 305 g/mol. The first-order valence-corrected chi connectivity index (χ1v) is 6.73. The monoisotopic (exact) mass is 317 g/mol. The summed E-state index contributed by atoms with van der Waals surface area (Å²) >= 11 is 0. The minimum atomic E-state index is -0.581. The zero-order valence-electron chi connectivity index (χ0n) is 12.4. The summed E-state index contributed by atoms with van der Waals surface area (Å²) in [5, 5.41) is 7.45. The Hall–Kier alpha value is -3.03. The molecule has 2 heterocycles. The number of ether oxygens (including phenoxy) is 1. The molecule has 7 nitrogen and oxygen atoms in total. The van der Waals surface area contributed by atoms with Crippen molar-refractivity contribution in [3.05, 3.63) is 53.0 Å². The number of carbonyl (C=O) groups excluding carboxylic acids is 1. The molecule has 0 amide bonds. The van der Waals surface area contributed by atoms with E-state index in [1.54, 1.807) is 13.8 Å². The van der Waals surface area contributed by atoms with Crippen molar-refractivity contribution in [3.8, 4) is 11.4 Å². The molecule has 0 bridgehead atoms. The van der Waals surface area contributed by atoms with Gasteiger partial charge in [-0.2, -0.15) is 4.98 Å². The second-order valence-electron chi connectivity index (χ2n) is 4.79. The van der Waals surface area contributed by atoms with Crippen LogP contribution in [0.15, 0.2) is 33.3 Å². The first-order chi connectivity index (χ1) is 11.0. The molecule has 0 aliphatic carbocycles. The van der Waals surface area contributed by atoms with Gasteiger partial charge in [-0.1, -0.05) is 10.3 Å². The van der Waals surface area contributed by atoms with Crippen molar-refractivity contribution < 1.29 is 23.0 Å². The molecule has 0 unspecified atom stereocenters. The molecule has 0 N–H and O–H groups in total. The first-order valence-electron chi connectivity index (χ1n) is 6.73. The molecule has 0 saturated carbocycles. The predicted molar refractivity (Wildman–Crippen MR) is 74.8 cm³/mol. The van der Waals surface area contributed by atoms with Crippen LogP contribution in [0.2, 0.25) is 0 Å². The number of hydrogen-bond donors (Lipinski definition) is 0. The van der Waals surface area contributed by atoms with Gasteiger partial charge in [-0.15, -0.1) is 0 Å². The highest BCUT2D eigenvalue weighted by atomic mass is 19.1. The lowest BCUT2D eigenvalue weighted by Crippen LogP contribution is -2.07. The van der Waals surface area contributed by atoms with E-state index in [0.717, 1.165) is 0 Å². The van der Waals surface area contributed by atoms with Crippen molar-refractivity contribution in [1.29, 1.82) is 0 Å². The van der Waals surface area contributed by atoms with E-state index < -0.39 is 5.97 Å². The molecule has 0 radical (unpaired) electrons. The van der Waals surface area contributed by atoms with Gasteiger partial charge in [-0.3, -0.25) is 0 Å². The highest BCUT2D eigenvalue weighted by molar-refractivity contribution is 5.91. The van der Waals surface area contributed by atoms with Crippen LogP contribution in [-0.2, 0) is 11.3 Å². The van der Waals surface area contributed by atoms with E-state index in [4.69, 9.17) is 13.8 Å². The second-order valence-corrected chi connectivity index (χ2v) is 4.79. The molecule has 0 atom stereocenters. The predicted octanol–water partition coefficient (Wildman–Crippen LogP) is 2.84. The molecular formula is C15H12FN3O4. The van der Waals surface area contributed by atoms with Crippen LogP contribution >= 0.6 is 0 Å². The molecule has 118 valence electrons. The van der Waals surface area contributed by atoms with Crippen LogP contribution in [0.25, 0.3) is 11.4 Å². The zero-order valence-corrected chi connectivity index (χ0v) is 12.4. The van der Waals surface area contributed by atoms with Gasteiger partial charge in [0.25, 0.3) is 5.89 Å². The fourth-order valence-electron chi connectivity index (χ4n) is 2.00. The summed E-state index contributed by atoms with van der Waals surface area (Å²) in [6, 6.07) is 5.64. The number of benzene rings is 1. The van der Waals surface area contributed by atoms with Gasteiger partial charge in [0.05, 0.1) is 5.69 Å². The minimum Gasteiger partial charge on any atom is -0.452 e. The van der Waals surface area contributed by atoms with E-state index in [-0.39, 0.29) is 29.7 Å². The Labute approximate surface area is 130 Å². The maximum absolute atomic E-state index is 12.9. The molecule has 0 spiro atoms. The van der Waals surface area contributed by atoms with Gasteiger partial charge in [0.15, 0.2) is 6.61 Å². The number of rotatable bonds is 4. The Morgan fingerprint density at radius 1 is 1.17 bits per heavy atom. The van der Waals surface area contributed by atoms with Crippen LogP contribution in [0.3, 0.4) is 0 Å². The molecule has 1 aromatic carbocycles. The van der Waals surface area contributed by atoms with Crippen LogP contribution in [0.4, 0.5) is 4.39 Å². The van der Waals surface area contributed by atoms with Crippen LogP contribution in [-0.4, -0.2) is 21.3 Å². The molecule has 8 heteroatoms. The highest BCUT2D eigenvalue weighted by Crippen LogP contribution is 2.17. The Morgan fingerprint density at radius 3 is 2.57 bits per heavy atom. The number of hydrogen-bond acceptors (Lipinski definition) is 7. The number of esters is 1. The van der Waals surface area contributed by atoms with Gasteiger partial charge in [-0.25, -0.2) is 9.18 Å². The lowest BCUT2D eigenvalue weighted by Gasteiger charge is -2.00. The van der Waals surface area contributed by atoms with E-state index in [1.807, 2.05) is 0 Å². The Balaban J connectivity index is 1.68. The molecule has 0 aliphatic heterocycles.